The third-order valence-corrected chi connectivity index (χ3v) is 4.63. The molecule has 0 aromatic rings. The fraction of sp³-hybridized carbons (Fsp3) is 0.867. The Morgan fingerprint density at radius 1 is 1.33 bits per heavy atom. The van der Waals surface area contributed by atoms with Crippen LogP contribution in [0.2, 0.25) is 0 Å². The summed E-state index contributed by atoms with van der Waals surface area (Å²) in [5.41, 5.74) is 0. The van der Waals surface area contributed by atoms with Crippen molar-refractivity contribution in [1.82, 2.24) is 15.1 Å². The Bertz CT molecular complexity index is 367. The summed E-state index contributed by atoms with van der Waals surface area (Å²) >= 11 is 0. The van der Waals surface area contributed by atoms with Crippen molar-refractivity contribution < 1.29 is 14.7 Å². The highest BCUT2D eigenvalue weighted by Crippen LogP contribution is 2.18. The maximum Gasteiger partial charge on any atom is 0.234 e. The molecule has 120 valence electrons. The predicted molar refractivity (Wildman–Crippen MR) is 79.6 cm³/mol. The van der Waals surface area contributed by atoms with Crippen LogP contribution in [-0.2, 0) is 9.59 Å². The summed E-state index contributed by atoms with van der Waals surface area (Å²) in [6.07, 6.45) is 3.43. The van der Waals surface area contributed by atoms with Gasteiger partial charge in [0.1, 0.15) is 0 Å². The minimum atomic E-state index is 0.0649. The molecule has 0 aromatic heterocycles. The smallest absolute Gasteiger partial charge is 0.234 e. The third-order valence-electron chi connectivity index (χ3n) is 4.63. The Balaban J connectivity index is 1.57. The number of aliphatic hydroxyl groups excluding tert-OH is 1. The van der Waals surface area contributed by atoms with E-state index in [0.717, 1.165) is 38.9 Å². The number of carbonyl (C=O) groups excluding carboxylic acids is 2. The van der Waals surface area contributed by atoms with Gasteiger partial charge in [-0.1, -0.05) is 0 Å². The van der Waals surface area contributed by atoms with E-state index in [4.69, 9.17) is 5.11 Å². The lowest BCUT2D eigenvalue weighted by Crippen LogP contribution is -2.42. The first kappa shape index (κ1) is 16.2. The second kappa shape index (κ2) is 7.75. The lowest BCUT2D eigenvalue weighted by molar-refractivity contribution is -0.126. The highest BCUT2D eigenvalue weighted by Gasteiger charge is 2.26. The average Bonchev–Trinajstić information content (AvgIpc) is 2.78. The normalized spacial score (nSPS) is 24.6. The second-order valence-electron chi connectivity index (χ2n) is 6.39. The maximum absolute atomic E-state index is 11.9. The first-order valence-electron chi connectivity index (χ1n) is 7.92. The van der Waals surface area contributed by atoms with E-state index in [1.165, 1.54) is 0 Å². The monoisotopic (exact) mass is 297 g/mol. The van der Waals surface area contributed by atoms with E-state index < -0.39 is 0 Å². The molecule has 1 unspecified atom stereocenters. The number of aliphatic hydroxyl groups is 1. The topological polar surface area (TPSA) is 72.9 Å². The van der Waals surface area contributed by atoms with Gasteiger partial charge in [-0.05, 0) is 44.2 Å². The quantitative estimate of drug-likeness (QED) is 0.704. The summed E-state index contributed by atoms with van der Waals surface area (Å²) in [4.78, 5) is 27.2. The zero-order chi connectivity index (χ0) is 15.2. The average molecular weight is 297 g/mol. The molecule has 2 rings (SSSR count). The molecule has 0 aliphatic carbocycles. The maximum atomic E-state index is 11.9. The van der Waals surface area contributed by atoms with E-state index >= 15 is 0 Å². The van der Waals surface area contributed by atoms with Gasteiger partial charge in [-0.2, -0.15) is 0 Å². The summed E-state index contributed by atoms with van der Waals surface area (Å²) in [5.74, 6) is 1.05. The standard InChI is InChI=1S/C15H27N3O3/c1-17-9-13(8-15(17)21)2-5-16-14(20)10-18-6-3-12(11-19)4-7-18/h12-13,19H,2-11H2,1H3,(H,16,20). The molecule has 2 aliphatic rings. The number of likely N-dealkylation sites (tertiary alicyclic amines) is 2. The molecule has 1 atom stereocenters. The van der Waals surface area contributed by atoms with E-state index in [1.54, 1.807) is 4.90 Å². The molecule has 2 N–H and O–H groups in total. The van der Waals surface area contributed by atoms with Crippen LogP contribution in [0.4, 0.5) is 0 Å². The van der Waals surface area contributed by atoms with Crippen LogP contribution in [0, 0.1) is 11.8 Å². The largest absolute Gasteiger partial charge is 0.396 e. The molecule has 0 saturated carbocycles. The van der Waals surface area contributed by atoms with E-state index in [2.05, 4.69) is 10.2 Å². The van der Waals surface area contributed by atoms with Gasteiger partial charge in [0.05, 0.1) is 6.54 Å². The molecular weight excluding hydrogens is 270 g/mol. The van der Waals surface area contributed by atoms with Crippen molar-refractivity contribution in [3.05, 3.63) is 0 Å². The zero-order valence-electron chi connectivity index (χ0n) is 12.9. The summed E-state index contributed by atoms with van der Waals surface area (Å²) in [6, 6.07) is 0. The number of hydrogen-bond donors (Lipinski definition) is 2. The summed E-state index contributed by atoms with van der Waals surface area (Å²) in [6.45, 7) is 3.94. The molecule has 2 saturated heterocycles. The molecule has 6 nitrogen and oxygen atoms in total. The van der Waals surface area contributed by atoms with Gasteiger partial charge in [0, 0.05) is 33.2 Å². The van der Waals surface area contributed by atoms with Gasteiger partial charge in [0.2, 0.25) is 11.8 Å². The Kier molecular flexibility index (Phi) is 5.99. The van der Waals surface area contributed by atoms with Crippen LogP contribution in [0.1, 0.15) is 25.7 Å². The molecule has 21 heavy (non-hydrogen) atoms. The minimum Gasteiger partial charge on any atom is -0.396 e. The molecule has 6 heteroatoms. The SMILES string of the molecule is CN1CC(CCNC(=O)CN2CCC(CO)CC2)CC1=O. The number of carbonyl (C=O) groups is 2. The lowest BCUT2D eigenvalue weighted by atomic mass is 9.98. The molecule has 2 amide bonds. The van der Waals surface area contributed by atoms with Gasteiger partial charge in [-0.15, -0.1) is 0 Å². The molecule has 0 spiro atoms. The zero-order valence-corrected chi connectivity index (χ0v) is 12.9. The van der Waals surface area contributed by atoms with E-state index in [0.29, 0.717) is 31.3 Å². The van der Waals surface area contributed by atoms with E-state index in [1.807, 2.05) is 7.05 Å². The molecule has 0 radical (unpaired) electrons. The van der Waals surface area contributed by atoms with Crippen LogP contribution in [0.3, 0.4) is 0 Å². The first-order valence-corrected chi connectivity index (χ1v) is 7.92. The second-order valence-corrected chi connectivity index (χ2v) is 6.39. The summed E-state index contributed by atoms with van der Waals surface area (Å²) < 4.78 is 0. The molecule has 0 bridgehead atoms. The number of nitrogens with zero attached hydrogens (tertiary/aromatic N) is 2. The van der Waals surface area contributed by atoms with Crippen LogP contribution in [0.25, 0.3) is 0 Å². The number of nitrogens with one attached hydrogen (secondary N) is 1. The number of amides is 2. The highest BCUT2D eigenvalue weighted by molar-refractivity contribution is 5.78. The summed E-state index contributed by atoms with van der Waals surface area (Å²) in [5, 5.41) is 12.0. The van der Waals surface area contributed by atoms with Gasteiger partial charge in [0.15, 0.2) is 0 Å². The molecule has 2 aliphatic heterocycles. The molecule has 0 aromatic carbocycles. The van der Waals surface area contributed by atoms with Crippen molar-refractivity contribution in [2.75, 3.05) is 46.4 Å². The van der Waals surface area contributed by atoms with Crippen molar-refractivity contribution in [3.63, 3.8) is 0 Å². The Hall–Kier alpha value is -1.14. The van der Waals surface area contributed by atoms with Gasteiger partial charge in [-0.3, -0.25) is 14.5 Å². The van der Waals surface area contributed by atoms with Gasteiger partial charge in [0.25, 0.3) is 0 Å². The van der Waals surface area contributed by atoms with Crippen LogP contribution < -0.4 is 5.32 Å². The van der Waals surface area contributed by atoms with E-state index in [9.17, 15) is 9.59 Å². The van der Waals surface area contributed by atoms with E-state index in [-0.39, 0.29) is 18.4 Å². The van der Waals surface area contributed by atoms with Gasteiger partial charge in [-0.25, -0.2) is 0 Å². The van der Waals surface area contributed by atoms with Crippen LogP contribution in [0.15, 0.2) is 0 Å². The van der Waals surface area contributed by atoms with Crippen molar-refractivity contribution in [1.29, 1.82) is 0 Å². The fourth-order valence-corrected chi connectivity index (χ4v) is 3.15. The van der Waals surface area contributed by atoms with Crippen molar-refractivity contribution in [2.24, 2.45) is 11.8 Å². The van der Waals surface area contributed by atoms with Gasteiger partial charge < -0.3 is 15.3 Å². The number of piperidine rings is 1. The molecular formula is C15H27N3O3. The Labute approximate surface area is 126 Å². The lowest BCUT2D eigenvalue weighted by Gasteiger charge is -2.30. The van der Waals surface area contributed by atoms with Crippen molar-refractivity contribution >= 4 is 11.8 Å². The Morgan fingerprint density at radius 3 is 2.62 bits per heavy atom. The number of rotatable bonds is 6. The summed E-state index contributed by atoms with van der Waals surface area (Å²) in [7, 11) is 1.83. The van der Waals surface area contributed by atoms with Crippen molar-refractivity contribution in [2.45, 2.75) is 25.7 Å². The van der Waals surface area contributed by atoms with Crippen LogP contribution in [-0.4, -0.2) is 73.1 Å². The fourth-order valence-electron chi connectivity index (χ4n) is 3.15. The number of hydrogen-bond acceptors (Lipinski definition) is 4. The van der Waals surface area contributed by atoms with Crippen LogP contribution >= 0.6 is 0 Å². The minimum absolute atomic E-state index is 0.0649. The van der Waals surface area contributed by atoms with Crippen molar-refractivity contribution in [3.8, 4) is 0 Å². The Morgan fingerprint density at radius 2 is 2.05 bits per heavy atom. The third kappa shape index (κ3) is 4.97. The van der Waals surface area contributed by atoms with Gasteiger partial charge >= 0.3 is 0 Å². The first-order chi connectivity index (χ1) is 10.1. The predicted octanol–water partition coefficient (Wildman–Crippen LogP) is -0.325. The molecule has 2 fully saturated rings. The molecule has 2 heterocycles. The van der Waals surface area contributed by atoms with Crippen LogP contribution in [0.5, 0.6) is 0 Å². The highest BCUT2D eigenvalue weighted by atomic mass is 16.3.